The van der Waals surface area contributed by atoms with E-state index in [9.17, 15) is 9.59 Å². The average Bonchev–Trinajstić information content (AvgIpc) is 2.77. The molecular formula is C21H25N3O4. The maximum atomic E-state index is 12.3. The Kier molecular flexibility index (Phi) is 6.73. The third kappa shape index (κ3) is 5.39. The second-order valence-electron chi connectivity index (χ2n) is 6.48. The van der Waals surface area contributed by atoms with Gasteiger partial charge in [-0.25, -0.2) is 4.79 Å². The minimum Gasteiger partial charge on any atom is -0.497 e. The molecule has 1 heterocycles. The van der Waals surface area contributed by atoms with Crippen LogP contribution in [0, 0.1) is 0 Å². The van der Waals surface area contributed by atoms with E-state index < -0.39 is 0 Å². The van der Waals surface area contributed by atoms with E-state index in [1.807, 2.05) is 30.3 Å². The lowest BCUT2D eigenvalue weighted by Gasteiger charge is -2.34. The van der Waals surface area contributed by atoms with Crippen LogP contribution in [0.4, 0.5) is 4.79 Å². The molecule has 0 aromatic heterocycles. The maximum Gasteiger partial charge on any atom is 0.317 e. The summed E-state index contributed by atoms with van der Waals surface area (Å²) < 4.78 is 10.6. The van der Waals surface area contributed by atoms with Crippen LogP contribution in [-0.4, -0.2) is 61.6 Å². The number of ether oxygens (including phenoxy) is 2. The van der Waals surface area contributed by atoms with E-state index >= 15 is 0 Å². The van der Waals surface area contributed by atoms with Crippen molar-refractivity contribution in [1.29, 1.82) is 0 Å². The van der Waals surface area contributed by atoms with Crippen LogP contribution in [0.15, 0.2) is 54.6 Å². The van der Waals surface area contributed by atoms with Crippen LogP contribution in [0.1, 0.15) is 5.56 Å². The van der Waals surface area contributed by atoms with E-state index in [0.29, 0.717) is 38.5 Å². The van der Waals surface area contributed by atoms with Gasteiger partial charge in [-0.2, -0.15) is 0 Å². The van der Waals surface area contributed by atoms with E-state index in [0.717, 1.165) is 11.3 Å². The predicted octanol–water partition coefficient (Wildman–Crippen LogP) is 2.13. The fraction of sp³-hybridized carbons (Fsp3) is 0.333. The van der Waals surface area contributed by atoms with Gasteiger partial charge in [-0.05, 0) is 29.8 Å². The van der Waals surface area contributed by atoms with Crippen LogP contribution >= 0.6 is 0 Å². The standard InChI is InChI=1S/C21H25N3O4/c1-27-18-7-9-19(10-8-18)28-16-20(25)23-11-13-24(14-12-23)21(26)22-15-17-5-3-2-4-6-17/h2-10H,11-16H2,1H3,(H,22,26). The number of methoxy groups -OCH3 is 1. The van der Waals surface area contributed by atoms with Gasteiger partial charge in [0.15, 0.2) is 6.61 Å². The van der Waals surface area contributed by atoms with Crippen molar-refractivity contribution in [2.24, 2.45) is 0 Å². The molecule has 0 aliphatic carbocycles. The second-order valence-corrected chi connectivity index (χ2v) is 6.48. The molecule has 3 rings (SSSR count). The highest BCUT2D eigenvalue weighted by Gasteiger charge is 2.24. The molecule has 3 amide bonds. The number of urea groups is 1. The van der Waals surface area contributed by atoms with Crippen LogP contribution < -0.4 is 14.8 Å². The van der Waals surface area contributed by atoms with Gasteiger partial charge in [0.25, 0.3) is 5.91 Å². The maximum absolute atomic E-state index is 12.3. The molecule has 148 valence electrons. The van der Waals surface area contributed by atoms with Crippen LogP contribution in [0.3, 0.4) is 0 Å². The fourth-order valence-electron chi connectivity index (χ4n) is 2.95. The first-order valence-electron chi connectivity index (χ1n) is 9.27. The molecule has 1 saturated heterocycles. The van der Waals surface area contributed by atoms with E-state index in [2.05, 4.69) is 5.32 Å². The molecule has 7 nitrogen and oxygen atoms in total. The smallest absolute Gasteiger partial charge is 0.317 e. The van der Waals surface area contributed by atoms with Crippen molar-refractivity contribution in [2.75, 3.05) is 39.9 Å². The Morgan fingerprint density at radius 2 is 1.50 bits per heavy atom. The number of rotatable bonds is 6. The number of benzene rings is 2. The highest BCUT2D eigenvalue weighted by Crippen LogP contribution is 2.17. The molecule has 1 aliphatic rings. The predicted molar refractivity (Wildman–Crippen MR) is 105 cm³/mol. The SMILES string of the molecule is COc1ccc(OCC(=O)N2CCN(C(=O)NCc3ccccc3)CC2)cc1. The van der Waals surface area contributed by atoms with Gasteiger partial charge in [0, 0.05) is 32.7 Å². The molecule has 1 aliphatic heterocycles. The van der Waals surface area contributed by atoms with Gasteiger partial charge in [-0.1, -0.05) is 30.3 Å². The second kappa shape index (κ2) is 9.64. The quantitative estimate of drug-likeness (QED) is 0.830. The van der Waals surface area contributed by atoms with Crippen LogP contribution in [-0.2, 0) is 11.3 Å². The zero-order valence-corrected chi connectivity index (χ0v) is 16.0. The number of amides is 3. The molecule has 7 heteroatoms. The molecule has 0 radical (unpaired) electrons. The first-order valence-corrected chi connectivity index (χ1v) is 9.27. The van der Waals surface area contributed by atoms with Crippen molar-refractivity contribution >= 4 is 11.9 Å². The number of hydrogen-bond donors (Lipinski definition) is 1. The first-order chi connectivity index (χ1) is 13.7. The summed E-state index contributed by atoms with van der Waals surface area (Å²) in [6, 6.07) is 16.8. The zero-order chi connectivity index (χ0) is 19.8. The molecule has 0 unspecified atom stereocenters. The number of hydrogen-bond acceptors (Lipinski definition) is 4. The summed E-state index contributed by atoms with van der Waals surface area (Å²) in [4.78, 5) is 28.1. The lowest BCUT2D eigenvalue weighted by molar-refractivity contribution is -0.134. The lowest BCUT2D eigenvalue weighted by atomic mass is 10.2. The van der Waals surface area contributed by atoms with Gasteiger partial charge < -0.3 is 24.6 Å². The Morgan fingerprint density at radius 1 is 0.893 bits per heavy atom. The van der Waals surface area contributed by atoms with Crippen molar-refractivity contribution in [3.63, 3.8) is 0 Å². The van der Waals surface area contributed by atoms with Gasteiger partial charge in [0.2, 0.25) is 0 Å². The minimum absolute atomic E-state index is 0.0213. The summed E-state index contributed by atoms with van der Waals surface area (Å²) in [6.07, 6.45) is 0. The largest absolute Gasteiger partial charge is 0.497 e. The van der Waals surface area contributed by atoms with Crippen molar-refractivity contribution in [1.82, 2.24) is 15.1 Å². The highest BCUT2D eigenvalue weighted by atomic mass is 16.5. The summed E-state index contributed by atoms with van der Waals surface area (Å²) in [5.41, 5.74) is 1.06. The van der Waals surface area contributed by atoms with E-state index in [1.54, 1.807) is 41.2 Å². The lowest BCUT2D eigenvalue weighted by Crippen LogP contribution is -2.53. The van der Waals surface area contributed by atoms with E-state index in [4.69, 9.17) is 9.47 Å². The average molecular weight is 383 g/mol. The van der Waals surface area contributed by atoms with E-state index in [-0.39, 0.29) is 18.5 Å². The van der Waals surface area contributed by atoms with Gasteiger partial charge >= 0.3 is 6.03 Å². The molecular weight excluding hydrogens is 358 g/mol. The number of carbonyl (C=O) groups is 2. The van der Waals surface area contributed by atoms with Crippen molar-refractivity contribution in [3.8, 4) is 11.5 Å². The minimum atomic E-state index is -0.106. The Balaban J connectivity index is 1.38. The summed E-state index contributed by atoms with van der Waals surface area (Å²) in [5.74, 6) is 1.27. The molecule has 0 atom stereocenters. The van der Waals surface area contributed by atoms with Gasteiger partial charge in [-0.3, -0.25) is 4.79 Å². The molecule has 0 bridgehead atoms. The molecule has 2 aromatic carbocycles. The molecule has 1 N–H and O–H groups in total. The number of nitrogens with zero attached hydrogens (tertiary/aromatic N) is 2. The third-order valence-electron chi connectivity index (χ3n) is 4.63. The Labute approximate surface area is 164 Å². The van der Waals surface area contributed by atoms with Crippen molar-refractivity contribution in [3.05, 3.63) is 60.2 Å². The molecule has 0 spiro atoms. The highest BCUT2D eigenvalue weighted by molar-refractivity contribution is 5.79. The Morgan fingerprint density at radius 3 is 2.14 bits per heavy atom. The van der Waals surface area contributed by atoms with E-state index in [1.165, 1.54) is 0 Å². The molecule has 28 heavy (non-hydrogen) atoms. The summed E-state index contributed by atoms with van der Waals surface area (Å²) >= 11 is 0. The van der Waals surface area contributed by atoms with Gasteiger partial charge in [-0.15, -0.1) is 0 Å². The molecule has 2 aromatic rings. The topological polar surface area (TPSA) is 71.1 Å². The zero-order valence-electron chi connectivity index (χ0n) is 16.0. The summed E-state index contributed by atoms with van der Waals surface area (Å²) in [6.45, 7) is 2.50. The first kappa shape index (κ1) is 19.5. The van der Waals surface area contributed by atoms with Crippen LogP contribution in [0.25, 0.3) is 0 Å². The van der Waals surface area contributed by atoms with Gasteiger partial charge in [0.1, 0.15) is 11.5 Å². The van der Waals surface area contributed by atoms with Crippen LogP contribution in [0.2, 0.25) is 0 Å². The Bertz CT molecular complexity index is 772. The molecule has 1 fully saturated rings. The monoisotopic (exact) mass is 383 g/mol. The van der Waals surface area contributed by atoms with Gasteiger partial charge in [0.05, 0.1) is 7.11 Å². The molecule has 0 saturated carbocycles. The van der Waals surface area contributed by atoms with Crippen molar-refractivity contribution in [2.45, 2.75) is 6.54 Å². The van der Waals surface area contributed by atoms with Crippen molar-refractivity contribution < 1.29 is 19.1 Å². The fourth-order valence-corrected chi connectivity index (χ4v) is 2.95. The summed E-state index contributed by atoms with van der Waals surface area (Å²) in [7, 11) is 1.60. The number of carbonyl (C=O) groups excluding carboxylic acids is 2. The number of nitrogens with one attached hydrogen (secondary N) is 1. The normalized spacial score (nSPS) is 13.8. The number of piperazine rings is 1. The Hall–Kier alpha value is -3.22. The van der Waals surface area contributed by atoms with Crippen LogP contribution in [0.5, 0.6) is 11.5 Å². The summed E-state index contributed by atoms with van der Waals surface area (Å²) in [5, 5.41) is 2.92. The third-order valence-corrected chi connectivity index (χ3v) is 4.63.